The van der Waals surface area contributed by atoms with Crippen molar-refractivity contribution in [2.24, 2.45) is 7.05 Å². The second-order valence-corrected chi connectivity index (χ2v) is 5.13. The maximum absolute atomic E-state index is 13.7. The van der Waals surface area contributed by atoms with Crippen molar-refractivity contribution in [2.45, 2.75) is 0 Å². The van der Waals surface area contributed by atoms with Gasteiger partial charge < -0.3 is 20.0 Å². The van der Waals surface area contributed by atoms with Crippen LogP contribution in [0.1, 0.15) is 0 Å². The molecule has 0 amide bonds. The molecule has 0 fully saturated rings. The van der Waals surface area contributed by atoms with Crippen LogP contribution in [0.4, 0.5) is 10.2 Å². The molecule has 0 aliphatic heterocycles. The summed E-state index contributed by atoms with van der Waals surface area (Å²) in [6.45, 7) is 0. The Labute approximate surface area is 124 Å². The number of aromatic nitrogens is 4. The summed E-state index contributed by atoms with van der Waals surface area (Å²) in [4.78, 5) is 8.26. The highest BCUT2D eigenvalue weighted by molar-refractivity contribution is 5.96. The average molecular weight is 297 g/mol. The lowest BCUT2D eigenvalue weighted by Crippen LogP contribution is -1.96. The molecule has 0 radical (unpaired) electrons. The molecule has 4 aromatic rings. The van der Waals surface area contributed by atoms with Crippen molar-refractivity contribution in [1.29, 1.82) is 0 Å². The topological polar surface area (TPSA) is 81.9 Å². The fourth-order valence-electron chi connectivity index (χ4n) is 2.75. The molecule has 3 aromatic heterocycles. The van der Waals surface area contributed by atoms with E-state index in [1.165, 1.54) is 18.5 Å². The molecule has 0 bridgehead atoms. The Bertz CT molecular complexity index is 1030. The van der Waals surface area contributed by atoms with Crippen LogP contribution in [0.25, 0.3) is 27.6 Å². The minimum Gasteiger partial charge on any atom is -0.505 e. The summed E-state index contributed by atoms with van der Waals surface area (Å²) in [6.07, 6.45) is 5.07. The SMILES string of the molecule is Cn1cc(-n2ccc3cc(O)c(F)cc32)c2c(N)ncnc21. The summed E-state index contributed by atoms with van der Waals surface area (Å²) < 4.78 is 17.3. The molecule has 0 saturated heterocycles. The Hall–Kier alpha value is -3.09. The molecule has 0 aliphatic rings. The number of aryl methyl sites for hydroxylation is 1. The van der Waals surface area contributed by atoms with Crippen LogP contribution in [0.15, 0.2) is 36.9 Å². The first-order chi connectivity index (χ1) is 10.6. The van der Waals surface area contributed by atoms with Gasteiger partial charge in [0.25, 0.3) is 0 Å². The molecule has 1 aromatic carbocycles. The molecule has 0 atom stereocenters. The second kappa shape index (κ2) is 4.20. The predicted octanol–water partition coefficient (Wildman–Crippen LogP) is 2.34. The first-order valence-electron chi connectivity index (χ1n) is 6.61. The van der Waals surface area contributed by atoms with E-state index in [-0.39, 0.29) is 5.75 Å². The Morgan fingerprint density at radius 1 is 1.27 bits per heavy atom. The lowest BCUT2D eigenvalue weighted by molar-refractivity contribution is 0.433. The van der Waals surface area contributed by atoms with Gasteiger partial charge in [0, 0.05) is 30.9 Å². The molecule has 3 N–H and O–H groups in total. The van der Waals surface area contributed by atoms with Crippen LogP contribution in [-0.2, 0) is 7.05 Å². The van der Waals surface area contributed by atoms with Gasteiger partial charge in [-0.2, -0.15) is 0 Å². The lowest BCUT2D eigenvalue weighted by atomic mass is 10.2. The van der Waals surface area contributed by atoms with Gasteiger partial charge in [0.05, 0.1) is 16.6 Å². The number of nitrogens with two attached hydrogens (primary N) is 1. The van der Waals surface area contributed by atoms with Crippen molar-refractivity contribution in [3.8, 4) is 11.4 Å². The van der Waals surface area contributed by atoms with Crippen LogP contribution in [0.3, 0.4) is 0 Å². The van der Waals surface area contributed by atoms with Crippen LogP contribution >= 0.6 is 0 Å². The second-order valence-electron chi connectivity index (χ2n) is 5.13. The van der Waals surface area contributed by atoms with Gasteiger partial charge >= 0.3 is 0 Å². The predicted molar refractivity (Wildman–Crippen MR) is 81.4 cm³/mol. The minimum atomic E-state index is -0.670. The Morgan fingerprint density at radius 2 is 2.09 bits per heavy atom. The zero-order valence-electron chi connectivity index (χ0n) is 11.7. The third-order valence-electron chi connectivity index (χ3n) is 3.78. The van der Waals surface area contributed by atoms with E-state index in [9.17, 15) is 9.50 Å². The number of nitrogens with zero attached hydrogens (tertiary/aromatic N) is 4. The molecule has 6 nitrogen and oxygen atoms in total. The van der Waals surface area contributed by atoms with E-state index in [0.29, 0.717) is 22.4 Å². The summed E-state index contributed by atoms with van der Waals surface area (Å²) in [5.41, 5.74) is 8.07. The largest absolute Gasteiger partial charge is 0.505 e. The zero-order chi connectivity index (χ0) is 15.4. The van der Waals surface area contributed by atoms with Crippen LogP contribution < -0.4 is 5.73 Å². The van der Waals surface area contributed by atoms with Gasteiger partial charge in [-0.25, -0.2) is 14.4 Å². The first kappa shape index (κ1) is 12.6. The van der Waals surface area contributed by atoms with E-state index in [1.807, 2.05) is 17.8 Å². The van der Waals surface area contributed by atoms with Crippen LogP contribution in [-0.4, -0.2) is 24.2 Å². The number of nitrogen functional groups attached to an aromatic ring is 1. The maximum Gasteiger partial charge on any atom is 0.166 e. The molecule has 0 spiro atoms. The smallest absolute Gasteiger partial charge is 0.166 e. The monoisotopic (exact) mass is 297 g/mol. The molecule has 22 heavy (non-hydrogen) atoms. The van der Waals surface area contributed by atoms with E-state index in [0.717, 1.165) is 11.1 Å². The fourth-order valence-corrected chi connectivity index (χ4v) is 2.75. The van der Waals surface area contributed by atoms with Gasteiger partial charge in [-0.3, -0.25) is 0 Å². The van der Waals surface area contributed by atoms with Gasteiger partial charge in [-0.15, -0.1) is 0 Å². The molecular formula is C15H12FN5O. The molecule has 3 heterocycles. The standard InChI is InChI=1S/C15H12FN5O/c1-20-6-11(13-14(17)18-7-19-15(13)20)21-3-2-8-4-12(22)9(16)5-10(8)21/h2-7,22H,1H3,(H2,17,18,19). The van der Waals surface area contributed by atoms with Gasteiger partial charge in [0.1, 0.15) is 17.8 Å². The summed E-state index contributed by atoms with van der Waals surface area (Å²) >= 11 is 0. The quantitative estimate of drug-likeness (QED) is 0.565. The molecule has 0 aliphatic carbocycles. The Morgan fingerprint density at radius 3 is 2.91 bits per heavy atom. The van der Waals surface area contributed by atoms with Crippen molar-refractivity contribution in [3.05, 3.63) is 42.7 Å². The van der Waals surface area contributed by atoms with Crippen LogP contribution in [0.2, 0.25) is 0 Å². The molecule has 7 heteroatoms. The van der Waals surface area contributed by atoms with E-state index >= 15 is 0 Å². The highest BCUT2D eigenvalue weighted by atomic mass is 19.1. The zero-order valence-corrected chi connectivity index (χ0v) is 11.7. The molecular weight excluding hydrogens is 285 g/mol. The number of hydrogen-bond acceptors (Lipinski definition) is 4. The number of halogens is 1. The van der Waals surface area contributed by atoms with E-state index < -0.39 is 5.82 Å². The molecule has 0 saturated carbocycles. The number of phenolic OH excluding ortho intramolecular Hbond substituents is 1. The normalized spacial score (nSPS) is 11.5. The highest BCUT2D eigenvalue weighted by Crippen LogP contribution is 2.31. The van der Waals surface area contributed by atoms with Gasteiger partial charge in [-0.05, 0) is 12.1 Å². The van der Waals surface area contributed by atoms with Crippen LogP contribution in [0.5, 0.6) is 5.75 Å². The van der Waals surface area contributed by atoms with Crippen molar-refractivity contribution in [2.75, 3.05) is 5.73 Å². The summed E-state index contributed by atoms with van der Waals surface area (Å²) in [7, 11) is 1.86. The summed E-state index contributed by atoms with van der Waals surface area (Å²) in [6, 6.07) is 4.49. The minimum absolute atomic E-state index is 0.363. The highest BCUT2D eigenvalue weighted by Gasteiger charge is 2.16. The van der Waals surface area contributed by atoms with Gasteiger partial charge in [0.2, 0.25) is 0 Å². The third kappa shape index (κ3) is 1.59. The van der Waals surface area contributed by atoms with Crippen molar-refractivity contribution in [1.82, 2.24) is 19.1 Å². The number of benzene rings is 1. The molecule has 0 unspecified atom stereocenters. The van der Waals surface area contributed by atoms with Crippen LogP contribution in [0, 0.1) is 5.82 Å². The number of phenols is 1. The van der Waals surface area contributed by atoms with Crippen molar-refractivity contribution in [3.63, 3.8) is 0 Å². The summed E-state index contributed by atoms with van der Waals surface area (Å²) in [5, 5.41) is 10.9. The summed E-state index contributed by atoms with van der Waals surface area (Å²) in [5.74, 6) is -0.676. The average Bonchev–Trinajstić information content (AvgIpc) is 3.02. The number of rotatable bonds is 1. The maximum atomic E-state index is 13.7. The lowest BCUT2D eigenvalue weighted by Gasteiger charge is -2.05. The Kier molecular flexibility index (Phi) is 2.41. The third-order valence-corrected chi connectivity index (χ3v) is 3.78. The van der Waals surface area contributed by atoms with Gasteiger partial charge in [-0.1, -0.05) is 0 Å². The van der Waals surface area contributed by atoms with E-state index in [1.54, 1.807) is 16.8 Å². The van der Waals surface area contributed by atoms with E-state index in [4.69, 9.17) is 5.73 Å². The number of aromatic hydroxyl groups is 1. The Balaban J connectivity index is 2.10. The molecule has 4 rings (SSSR count). The van der Waals surface area contributed by atoms with Crippen molar-refractivity contribution < 1.29 is 9.50 Å². The first-order valence-corrected chi connectivity index (χ1v) is 6.61. The van der Waals surface area contributed by atoms with E-state index in [2.05, 4.69) is 9.97 Å². The van der Waals surface area contributed by atoms with Crippen molar-refractivity contribution >= 4 is 27.8 Å². The number of fused-ring (bicyclic) bond motifs is 2. The number of anilines is 1. The number of hydrogen-bond donors (Lipinski definition) is 2. The van der Waals surface area contributed by atoms with Gasteiger partial charge in [0.15, 0.2) is 11.6 Å². The molecule has 110 valence electrons. The fraction of sp³-hybridized carbons (Fsp3) is 0.0667.